The number of nitrogens with zero attached hydrogens (tertiary/aromatic N) is 2. The first-order valence-electron chi connectivity index (χ1n) is 12.9. The zero-order chi connectivity index (χ0) is 30.8. The number of carbonyl (C=O) groups is 2. The number of carbonyl (C=O) groups excluding carboxylic acids is 2. The van der Waals surface area contributed by atoms with Crippen LogP contribution in [0.15, 0.2) is 102 Å². The summed E-state index contributed by atoms with van der Waals surface area (Å²) >= 11 is 6.22. The fourth-order valence-electron chi connectivity index (χ4n) is 3.92. The van der Waals surface area contributed by atoms with Crippen LogP contribution in [0.4, 0.5) is 11.4 Å². The van der Waals surface area contributed by atoms with Crippen LogP contribution >= 0.6 is 11.6 Å². The molecule has 2 amide bonds. The molecule has 0 fully saturated rings. The van der Waals surface area contributed by atoms with Crippen molar-refractivity contribution in [1.29, 1.82) is 0 Å². The molecule has 0 aliphatic rings. The van der Waals surface area contributed by atoms with E-state index in [0.717, 1.165) is 6.26 Å². The van der Waals surface area contributed by atoms with Crippen LogP contribution in [0.2, 0.25) is 5.02 Å². The van der Waals surface area contributed by atoms with Gasteiger partial charge in [0, 0.05) is 10.6 Å². The molecule has 12 heteroatoms. The van der Waals surface area contributed by atoms with E-state index in [1.165, 1.54) is 29.8 Å². The number of rotatable bonds is 12. The number of halogens is 1. The van der Waals surface area contributed by atoms with Crippen LogP contribution in [0.5, 0.6) is 11.5 Å². The summed E-state index contributed by atoms with van der Waals surface area (Å²) < 4.78 is 36.9. The van der Waals surface area contributed by atoms with Gasteiger partial charge in [-0.3, -0.25) is 13.9 Å². The monoisotopic (exact) mass is 620 g/mol. The SMILES string of the molecule is COc1ccccc1NC(=O)COc1ccc(/C=N/NC(=O)c2ccc(N(Cc3ccccc3Cl)S(C)(=O)=O)cc2)cc1. The second-order valence-electron chi connectivity index (χ2n) is 9.21. The summed E-state index contributed by atoms with van der Waals surface area (Å²) in [5.41, 5.74) is 5.02. The molecule has 0 bridgehead atoms. The smallest absolute Gasteiger partial charge is 0.271 e. The Morgan fingerprint density at radius 1 is 0.930 bits per heavy atom. The third-order valence-electron chi connectivity index (χ3n) is 6.10. The molecule has 0 aliphatic carbocycles. The van der Waals surface area contributed by atoms with E-state index in [0.29, 0.717) is 44.6 Å². The zero-order valence-corrected chi connectivity index (χ0v) is 24.9. The van der Waals surface area contributed by atoms with Crippen molar-refractivity contribution in [3.05, 3.63) is 119 Å². The summed E-state index contributed by atoms with van der Waals surface area (Å²) in [5.74, 6) is 0.220. The van der Waals surface area contributed by atoms with Gasteiger partial charge in [-0.25, -0.2) is 13.8 Å². The third kappa shape index (κ3) is 8.81. The molecule has 0 heterocycles. The number of amides is 2. The van der Waals surface area contributed by atoms with Crippen LogP contribution in [0.25, 0.3) is 0 Å². The van der Waals surface area contributed by atoms with Crippen LogP contribution in [-0.4, -0.2) is 46.4 Å². The summed E-state index contributed by atoms with van der Waals surface area (Å²) in [5, 5.41) is 7.18. The van der Waals surface area contributed by atoms with Gasteiger partial charge in [0.05, 0.1) is 37.5 Å². The van der Waals surface area contributed by atoms with Gasteiger partial charge in [-0.1, -0.05) is 41.9 Å². The Morgan fingerprint density at radius 3 is 2.28 bits per heavy atom. The lowest BCUT2D eigenvalue weighted by molar-refractivity contribution is -0.118. The molecular formula is C31H29ClN4O6S. The fourth-order valence-corrected chi connectivity index (χ4v) is 5.00. The number of para-hydroxylation sites is 2. The maximum atomic E-state index is 12.6. The van der Waals surface area contributed by atoms with Crippen LogP contribution in [0, 0.1) is 0 Å². The molecule has 4 aromatic carbocycles. The molecule has 0 aromatic heterocycles. The normalized spacial score (nSPS) is 11.1. The minimum atomic E-state index is -3.62. The van der Waals surface area contributed by atoms with Gasteiger partial charge in [-0.2, -0.15) is 5.10 Å². The Balaban J connectivity index is 1.29. The van der Waals surface area contributed by atoms with Gasteiger partial charge in [0.15, 0.2) is 6.61 Å². The molecule has 10 nitrogen and oxygen atoms in total. The summed E-state index contributed by atoms with van der Waals surface area (Å²) in [4.78, 5) is 24.8. The number of hydrogen-bond donors (Lipinski definition) is 2. The summed E-state index contributed by atoms with van der Waals surface area (Å²) in [6.45, 7) is -0.142. The van der Waals surface area contributed by atoms with Gasteiger partial charge in [0.1, 0.15) is 11.5 Å². The first-order valence-corrected chi connectivity index (χ1v) is 15.2. The van der Waals surface area contributed by atoms with Gasteiger partial charge in [0.25, 0.3) is 11.8 Å². The molecule has 0 atom stereocenters. The highest BCUT2D eigenvalue weighted by molar-refractivity contribution is 7.92. The predicted octanol–water partition coefficient (Wildman–Crippen LogP) is 5.10. The summed E-state index contributed by atoms with van der Waals surface area (Å²) in [7, 11) is -2.10. The number of methoxy groups -OCH3 is 1. The fraction of sp³-hybridized carbons (Fsp3) is 0.129. The van der Waals surface area contributed by atoms with E-state index in [-0.39, 0.29) is 19.1 Å². The van der Waals surface area contributed by atoms with E-state index >= 15 is 0 Å². The van der Waals surface area contributed by atoms with Crippen molar-refractivity contribution in [2.75, 3.05) is 29.6 Å². The molecule has 0 saturated heterocycles. The number of anilines is 2. The third-order valence-corrected chi connectivity index (χ3v) is 7.61. The van der Waals surface area contributed by atoms with Crippen molar-refractivity contribution < 1.29 is 27.5 Å². The minimum Gasteiger partial charge on any atom is -0.495 e. The highest BCUT2D eigenvalue weighted by Crippen LogP contribution is 2.25. The van der Waals surface area contributed by atoms with Gasteiger partial charge < -0.3 is 14.8 Å². The minimum absolute atomic E-state index is 0.0499. The van der Waals surface area contributed by atoms with Gasteiger partial charge in [-0.05, 0) is 77.9 Å². The van der Waals surface area contributed by atoms with Crippen molar-refractivity contribution in [3.63, 3.8) is 0 Å². The van der Waals surface area contributed by atoms with Crippen LogP contribution in [-0.2, 0) is 21.4 Å². The summed E-state index contributed by atoms with van der Waals surface area (Å²) in [6.07, 6.45) is 2.57. The lowest BCUT2D eigenvalue weighted by Gasteiger charge is -2.23. The lowest BCUT2D eigenvalue weighted by Crippen LogP contribution is -2.29. The molecule has 4 rings (SSSR count). The standard InChI is InChI=1S/C31H29ClN4O6S/c1-41-29-10-6-5-9-28(29)34-30(37)21-42-26-17-11-22(12-18-26)19-33-35-31(38)23-13-15-25(16-14-23)36(43(2,39)40)20-24-7-3-4-8-27(24)32/h3-19H,20-21H2,1-2H3,(H,34,37)(H,35,38)/b33-19+. The Labute approximate surface area is 254 Å². The number of sulfonamides is 1. The Kier molecular flexibility index (Phi) is 10.4. The molecule has 0 unspecified atom stereocenters. The molecule has 0 radical (unpaired) electrons. The van der Waals surface area contributed by atoms with Gasteiger partial charge in [0.2, 0.25) is 10.0 Å². The average Bonchev–Trinajstić information content (AvgIpc) is 3.00. The first-order chi connectivity index (χ1) is 20.6. The van der Waals surface area contributed by atoms with Crippen molar-refractivity contribution in [1.82, 2.24) is 5.43 Å². The van der Waals surface area contributed by atoms with Crippen molar-refractivity contribution >= 4 is 51.0 Å². The van der Waals surface area contributed by atoms with E-state index in [2.05, 4.69) is 15.8 Å². The Morgan fingerprint density at radius 2 is 1.60 bits per heavy atom. The lowest BCUT2D eigenvalue weighted by atomic mass is 10.2. The second kappa shape index (κ2) is 14.3. The highest BCUT2D eigenvalue weighted by atomic mass is 35.5. The maximum absolute atomic E-state index is 12.6. The molecule has 43 heavy (non-hydrogen) atoms. The number of hydrazone groups is 1. The molecular weight excluding hydrogens is 592 g/mol. The predicted molar refractivity (Wildman–Crippen MR) is 168 cm³/mol. The molecule has 222 valence electrons. The first kappa shape index (κ1) is 31.1. The van der Waals surface area contributed by atoms with E-state index in [1.54, 1.807) is 84.9 Å². The Hall–Kier alpha value is -4.87. The quantitative estimate of drug-likeness (QED) is 0.168. The molecule has 0 spiro atoms. The van der Waals surface area contributed by atoms with Crippen molar-refractivity contribution in [3.8, 4) is 11.5 Å². The van der Waals surface area contributed by atoms with E-state index < -0.39 is 15.9 Å². The molecule has 2 N–H and O–H groups in total. The second-order valence-corrected chi connectivity index (χ2v) is 11.5. The van der Waals surface area contributed by atoms with Crippen molar-refractivity contribution in [2.24, 2.45) is 5.10 Å². The van der Waals surface area contributed by atoms with E-state index in [1.807, 2.05) is 0 Å². The van der Waals surface area contributed by atoms with Gasteiger partial charge in [-0.15, -0.1) is 0 Å². The number of nitrogens with one attached hydrogen (secondary N) is 2. The zero-order valence-electron chi connectivity index (χ0n) is 23.4. The topological polar surface area (TPSA) is 126 Å². The Bertz CT molecular complexity index is 1710. The highest BCUT2D eigenvalue weighted by Gasteiger charge is 2.19. The van der Waals surface area contributed by atoms with Crippen LogP contribution < -0.4 is 24.5 Å². The van der Waals surface area contributed by atoms with E-state index in [4.69, 9.17) is 21.1 Å². The van der Waals surface area contributed by atoms with Crippen LogP contribution in [0.3, 0.4) is 0 Å². The summed E-state index contributed by atoms with van der Waals surface area (Å²) in [6, 6.07) is 27.0. The average molecular weight is 621 g/mol. The number of benzene rings is 4. The van der Waals surface area contributed by atoms with Crippen LogP contribution in [0.1, 0.15) is 21.5 Å². The van der Waals surface area contributed by atoms with Gasteiger partial charge >= 0.3 is 0 Å². The molecule has 0 aliphatic heterocycles. The number of hydrogen-bond acceptors (Lipinski definition) is 7. The van der Waals surface area contributed by atoms with Crippen molar-refractivity contribution in [2.45, 2.75) is 6.54 Å². The largest absolute Gasteiger partial charge is 0.495 e. The molecule has 0 saturated carbocycles. The number of ether oxygens (including phenoxy) is 2. The van der Waals surface area contributed by atoms with E-state index in [9.17, 15) is 18.0 Å². The molecule has 4 aromatic rings. The maximum Gasteiger partial charge on any atom is 0.271 e.